The highest BCUT2D eigenvalue weighted by molar-refractivity contribution is 14.1. The van der Waals surface area contributed by atoms with Crippen molar-refractivity contribution >= 4 is 81.1 Å². The van der Waals surface area contributed by atoms with Crippen LogP contribution in [-0.4, -0.2) is 24.5 Å². The number of imide groups is 2. The number of rotatable bonds is 8. The SMILES string of the molecule is CCOc1cc(C=C2C(=O)N(c3ccccc3)C(=O)N(c3ccccc3)C2=O)cc(I)c1OCc1ccc(Cl)cc1Cl. The molecule has 0 spiro atoms. The lowest BCUT2D eigenvalue weighted by molar-refractivity contribution is -0.121. The van der Waals surface area contributed by atoms with Crippen LogP contribution in [0.5, 0.6) is 11.5 Å². The number of hydrogen-bond acceptors (Lipinski definition) is 5. The second kappa shape index (κ2) is 13.0. The Labute approximate surface area is 266 Å². The number of nitrogens with zero attached hydrogens (tertiary/aromatic N) is 2. The van der Waals surface area contributed by atoms with Crippen LogP contribution in [0.15, 0.2) is 96.6 Å². The number of urea groups is 1. The zero-order valence-corrected chi connectivity index (χ0v) is 25.9. The van der Waals surface area contributed by atoms with E-state index in [-0.39, 0.29) is 12.2 Å². The molecule has 0 bridgehead atoms. The van der Waals surface area contributed by atoms with Crippen molar-refractivity contribution in [3.8, 4) is 11.5 Å². The van der Waals surface area contributed by atoms with Crippen LogP contribution < -0.4 is 19.3 Å². The Morgan fingerprint density at radius 2 is 1.38 bits per heavy atom. The van der Waals surface area contributed by atoms with Gasteiger partial charge in [-0.15, -0.1) is 0 Å². The van der Waals surface area contributed by atoms with E-state index in [1.165, 1.54) is 6.08 Å². The lowest BCUT2D eigenvalue weighted by Crippen LogP contribution is -2.57. The molecule has 4 amide bonds. The van der Waals surface area contributed by atoms with Gasteiger partial charge < -0.3 is 9.47 Å². The molecule has 0 radical (unpaired) electrons. The summed E-state index contributed by atoms with van der Waals surface area (Å²) in [7, 11) is 0. The predicted molar refractivity (Wildman–Crippen MR) is 172 cm³/mol. The van der Waals surface area contributed by atoms with E-state index < -0.39 is 17.8 Å². The van der Waals surface area contributed by atoms with Crippen molar-refractivity contribution in [2.24, 2.45) is 0 Å². The third kappa shape index (κ3) is 6.16. The Morgan fingerprint density at radius 3 is 1.93 bits per heavy atom. The Hall–Kier alpha value is -3.86. The van der Waals surface area contributed by atoms with Crippen molar-refractivity contribution < 1.29 is 23.9 Å². The first-order chi connectivity index (χ1) is 20.3. The number of ether oxygens (including phenoxy) is 2. The smallest absolute Gasteiger partial charge is 0.343 e. The fourth-order valence-corrected chi connectivity index (χ4v) is 5.61. The normalized spacial score (nSPS) is 13.4. The van der Waals surface area contributed by atoms with Gasteiger partial charge in [-0.25, -0.2) is 14.6 Å². The van der Waals surface area contributed by atoms with Crippen molar-refractivity contribution in [3.05, 3.63) is 121 Å². The summed E-state index contributed by atoms with van der Waals surface area (Å²) in [4.78, 5) is 43.0. The molecule has 0 aromatic heterocycles. The summed E-state index contributed by atoms with van der Waals surface area (Å²) in [6.45, 7) is 2.36. The second-order valence-electron chi connectivity index (χ2n) is 9.08. The molecular formula is C32H23Cl2IN2O5. The minimum absolute atomic E-state index is 0.170. The fraction of sp³-hybridized carbons (Fsp3) is 0.0938. The van der Waals surface area contributed by atoms with E-state index in [2.05, 4.69) is 22.6 Å². The van der Waals surface area contributed by atoms with E-state index in [1.54, 1.807) is 91.0 Å². The number of anilines is 2. The van der Waals surface area contributed by atoms with Crippen LogP contribution in [0.1, 0.15) is 18.1 Å². The summed E-state index contributed by atoms with van der Waals surface area (Å²) in [6, 6.07) is 24.9. The number of hydrogen-bond donors (Lipinski definition) is 0. The van der Waals surface area contributed by atoms with E-state index >= 15 is 0 Å². The van der Waals surface area contributed by atoms with E-state index in [1.807, 2.05) is 6.92 Å². The van der Waals surface area contributed by atoms with Gasteiger partial charge in [0.1, 0.15) is 12.2 Å². The van der Waals surface area contributed by atoms with Crippen LogP contribution in [0.2, 0.25) is 10.0 Å². The number of barbiturate groups is 1. The molecule has 42 heavy (non-hydrogen) atoms. The summed E-state index contributed by atoms with van der Waals surface area (Å²) in [5.74, 6) is -0.546. The molecule has 0 atom stereocenters. The summed E-state index contributed by atoms with van der Waals surface area (Å²) in [5.41, 5.74) is 1.78. The highest BCUT2D eigenvalue weighted by Crippen LogP contribution is 2.37. The van der Waals surface area contributed by atoms with Gasteiger partial charge >= 0.3 is 6.03 Å². The van der Waals surface area contributed by atoms with E-state index in [9.17, 15) is 14.4 Å². The fourth-order valence-electron chi connectivity index (χ4n) is 4.37. The molecule has 1 fully saturated rings. The molecule has 1 heterocycles. The number of carbonyl (C=O) groups is 3. The van der Waals surface area contributed by atoms with Gasteiger partial charge in [0.25, 0.3) is 11.8 Å². The van der Waals surface area contributed by atoms with E-state index in [4.69, 9.17) is 32.7 Å². The third-order valence-corrected chi connectivity index (χ3v) is 7.70. The van der Waals surface area contributed by atoms with E-state index in [0.29, 0.717) is 48.7 Å². The van der Waals surface area contributed by atoms with Gasteiger partial charge in [0.2, 0.25) is 0 Å². The first-order valence-electron chi connectivity index (χ1n) is 12.9. The molecule has 1 aliphatic heterocycles. The van der Waals surface area contributed by atoms with Crippen molar-refractivity contribution in [2.45, 2.75) is 13.5 Å². The molecule has 10 heteroatoms. The summed E-state index contributed by atoms with van der Waals surface area (Å²) < 4.78 is 12.7. The number of amides is 4. The molecule has 1 saturated heterocycles. The van der Waals surface area contributed by atoms with Gasteiger partial charge in [0.15, 0.2) is 11.5 Å². The quantitative estimate of drug-likeness (QED) is 0.105. The van der Waals surface area contributed by atoms with Crippen molar-refractivity contribution in [1.29, 1.82) is 0 Å². The summed E-state index contributed by atoms with van der Waals surface area (Å²) in [5, 5.41) is 1.00. The van der Waals surface area contributed by atoms with Gasteiger partial charge in [-0.05, 0) is 89.7 Å². The van der Waals surface area contributed by atoms with Gasteiger partial charge in [0, 0.05) is 15.6 Å². The molecule has 0 aliphatic carbocycles. The van der Waals surface area contributed by atoms with Gasteiger partial charge in [-0.3, -0.25) is 9.59 Å². The third-order valence-electron chi connectivity index (χ3n) is 6.31. The van der Waals surface area contributed by atoms with Crippen molar-refractivity contribution in [2.75, 3.05) is 16.4 Å². The van der Waals surface area contributed by atoms with Gasteiger partial charge in [-0.2, -0.15) is 0 Å². The van der Waals surface area contributed by atoms with E-state index in [0.717, 1.165) is 15.4 Å². The first kappa shape index (κ1) is 29.6. The Bertz CT molecular complexity index is 1630. The molecule has 0 unspecified atom stereocenters. The maximum absolute atomic E-state index is 13.7. The molecular weight excluding hydrogens is 690 g/mol. The molecule has 212 valence electrons. The minimum Gasteiger partial charge on any atom is -0.490 e. The lowest BCUT2D eigenvalue weighted by Gasteiger charge is -2.34. The maximum Gasteiger partial charge on any atom is 0.343 e. The second-order valence-corrected chi connectivity index (χ2v) is 11.1. The molecule has 0 N–H and O–H groups in total. The average molecular weight is 713 g/mol. The molecule has 4 aromatic rings. The van der Waals surface area contributed by atoms with Crippen LogP contribution in [0.4, 0.5) is 16.2 Å². The van der Waals surface area contributed by atoms with Gasteiger partial charge in [-0.1, -0.05) is 65.7 Å². The number of para-hydroxylation sites is 2. The molecule has 5 rings (SSSR count). The zero-order valence-electron chi connectivity index (χ0n) is 22.2. The van der Waals surface area contributed by atoms with Crippen LogP contribution in [0, 0.1) is 3.57 Å². The van der Waals surface area contributed by atoms with Crippen LogP contribution in [0.3, 0.4) is 0 Å². The van der Waals surface area contributed by atoms with Crippen molar-refractivity contribution in [1.82, 2.24) is 0 Å². The molecule has 1 aliphatic rings. The largest absolute Gasteiger partial charge is 0.490 e. The standard InChI is InChI=1S/C32H23Cl2IN2O5/c1-2-41-28-17-20(16-27(35)29(28)42-19-21-13-14-22(33)18-26(21)34)15-25-30(38)36(23-9-5-3-6-10-23)32(40)37(31(25)39)24-11-7-4-8-12-24/h3-18H,2,19H2,1H3. The first-order valence-corrected chi connectivity index (χ1v) is 14.7. The topological polar surface area (TPSA) is 76.2 Å². The Morgan fingerprint density at radius 1 is 0.786 bits per heavy atom. The van der Waals surface area contributed by atoms with Crippen LogP contribution in [0.25, 0.3) is 6.08 Å². The number of benzene rings is 4. The number of halogens is 3. The molecule has 4 aromatic carbocycles. The molecule has 0 saturated carbocycles. The minimum atomic E-state index is -0.756. The number of carbonyl (C=O) groups excluding carboxylic acids is 3. The van der Waals surface area contributed by atoms with Crippen LogP contribution in [-0.2, 0) is 16.2 Å². The molecule has 7 nitrogen and oxygen atoms in total. The highest BCUT2D eigenvalue weighted by Gasteiger charge is 2.43. The Balaban J connectivity index is 1.55. The predicted octanol–water partition coefficient (Wildman–Crippen LogP) is 8.16. The monoisotopic (exact) mass is 712 g/mol. The zero-order chi connectivity index (χ0) is 29.8. The average Bonchev–Trinajstić information content (AvgIpc) is 2.97. The van der Waals surface area contributed by atoms with Gasteiger partial charge in [0.05, 0.1) is 21.6 Å². The van der Waals surface area contributed by atoms with Crippen molar-refractivity contribution in [3.63, 3.8) is 0 Å². The maximum atomic E-state index is 13.7. The summed E-state index contributed by atoms with van der Waals surface area (Å²) in [6.07, 6.45) is 1.47. The summed E-state index contributed by atoms with van der Waals surface area (Å²) >= 11 is 14.4. The lowest BCUT2D eigenvalue weighted by atomic mass is 10.0. The Kier molecular flexibility index (Phi) is 9.15. The highest BCUT2D eigenvalue weighted by atomic mass is 127. The van der Waals surface area contributed by atoms with Crippen LogP contribution >= 0.6 is 45.8 Å².